The molecule has 8 heteroatoms. The molecule has 0 unspecified atom stereocenters. The molecule has 3 heterocycles. The van der Waals surface area contributed by atoms with E-state index < -0.39 is 0 Å². The summed E-state index contributed by atoms with van der Waals surface area (Å²) in [6.45, 7) is 2.60. The predicted molar refractivity (Wildman–Crippen MR) is 160 cm³/mol. The van der Waals surface area contributed by atoms with Gasteiger partial charge in [-0.2, -0.15) is 0 Å². The van der Waals surface area contributed by atoms with E-state index in [1.54, 1.807) is 23.0 Å². The van der Waals surface area contributed by atoms with Gasteiger partial charge in [0, 0.05) is 54.9 Å². The Morgan fingerprint density at radius 3 is 2.34 bits per heavy atom. The number of aryl methyl sites for hydroxylation is 1. The summed E-state index contributed by atoms with van der Waals surface area (Å²) in [7, 11) is 0. The van der Waals surface area contributed by atoms with Gasteiger partial charge in [-0.05, 0) is 86.7 Å². The highest BCUT2D eigenvalue weighted by atomic mass is 19.1. The van der Waals surface area contributed by atoms with E-state index in [1.807, 2.05) is 42.6 Å². The molecular formula is C33H37FN6O. The summed E-state index contributed by atoms with van der Waals surface area (Å²) in [6.07, 6.45) is 14.0. The average molecular weight is 553 g/mol. The molecule has 1 saturated heterocycles. The number of nitrogens with one attached hydrogen (secondary N) is 1. The first-order valence-electron chi connectivity index (χ1n) is 14.9. The van der Waals surface area contributed by atoms with Gasteiger partial charge in [0.2, 0.25) is 0 Å². The maximum absolute atomic E-state index is 13.8. The van der Waals surface area contributed by atoms with Gasteiger partial charge < -0.3 is 10.2 Å². The molecular weight excluding hydrogens is 515 g/mol. The zero-order chi connectivity index (χ0) is 28.0. The van der Waals surface area contributed by atoms with E-state index in [4.69, 9.17) is 4.98 Å². The van der Waals surface area contributed by atoms with Crippen molar-refractivity contribution in [3.63, 3.8) is 0 Å². The second-order valence-corrected chi connectivity index (χ2v) is 11.2. The molecule has 1 N–H and O–H groups in total. The number of halogens is 1. The van der Waals surface area contributed by atoms with Crippen molar-refractivity contribution < 1.29 is 4.39 Å². The minimum Gasteiger partial charge on any atom is -0.352 e. The molecule has 0 amide bonds. The lowest BCUT2D eigenvalue weighted by Crippen LogP contribution is -2.35. The molecule has 0 spiro atoms. The first-order valence-corrected chi connectivity index (χ1v) is 14.9. The SMILES string of the molecule is O=c1c(N2CCCCCCC2)nc(CCCN[C@@H]2C[C@H]2c2ccc(F)cc2)cn1-c1ccc(-c2ncccn2)cc1. The highest BCUT2D eigenvalue weighted by molar-refractivity contribution is 5.57. The maximum atomic E-state index is 13.8. The quantitative estimate of drug-likeness (QED) is 0.270. The number of aromatic nitrogens is 4. The van der Waals surface area contributed by atoms with Gasteiger partial charge in [-0.25, -0.2) is 19.3 Å². The van der Waals surface area contributed by atoms with Crippen molar-refractivity contribution in [2.75, 3.05) is 24.5 Å². The molecule has 1 saturated carbocycles. The van der Waals surface area contributed by atoms with Crippen molar-refractivity contribution in [2.24, 2.45) is 0 Å². The molecule has 1 aliphatic carbocycles. The van der Waals surface area contributed by atoms with Crippen molar-refractivity contribution in [3.05, 3.63) is 101 Å². The molecule has 2 aliphatic rings. The molecule has 2 aromatic carbocycles. The average Bonchev–Trinajstić information content (AvgIpc) is 3.77. The van der Waals surface area contributed by atoms with E-state index >= 15 is 0 Å². The Kier molecular flexibility index (Phi) is 8.46. The second kappa shape index (κ2) is 12.7. The standard InChI is InChI=1S/C33H37FN6O/c34-26-13-9-24(10-14-26)29-22-30(29)35-17-6-8-27-23-40(28-15-11-25(12-16-28)31-36-18-7-19-37-31)33(41)32(38-27)39-20-4-2-1-3-5-21-39/h7,9-16,18-19,23,29-30,35H,1-6,8,17,20-22H2/t29-,30+/m0/s1. The van der Waals surface area contributed by atoms with Gasteiger partial charge in [0.05, 0.1) is 5.69 Å². The van der Waals surface area contributed by atoms with Crippen LogP contribution < -0.4 is 15.8 Å². The van der Waals surface area contributed by atoms with Crippen LogP contribution in [0.2, 0.25) is 0 Å². The van der Waals surface area contributed by atoms with E-state index in [0.29, 0.717) is 23.6 Å². The van der Waals surface area contributed by atoms with Crippen molar-refractivity contribution in [3.8, 4) is 17.1 Å². The molecule has 4 aromatic rings. The number of rotatable bonds is 9. The van der Waals surface area contributed by atoms with E-state index in [2.05, 4.69) is 20.2 Å². The first kappa shape index (κ1) is 27.3. The topological polar surface area (TPSA) is 75.9 Å². The minimum atomic E-state index is -0.191. The van der Waals surface area contributed by atoms with Gasteiger partial charge in [0.25, 0.3) is 5.56 Å². The number of hydrogen-bond acceptors (Lipinski definition) is 6. The Balaban J connectivity index is 1.18. The lowest BCUT2D eigenvalue weighted by molar-refractivity contribution is 0.550. The summed E-state index contributed by atoms with van der Waals surface area (Å²) in [5, 5.41) is 3.65. The molecule has 7 nitrogen and oxygen atoms in total. The monoisotopic (exact) mass is 552 g/mol. The van der Waals surface area contributed by atoms with E-state index in [-0.39, 0.29) is 11.4 Å². The summed E-state index contributed by atoms with van der Waals surface area (Å²) < 4.78 is 15.0. The lowest BCUT2D eigenvalue weighted by atomic mass is 10.1. The zero-order valence-corrected chi connectivity index (χ0v) is 23.4. The van der Waals surface area contributed by atoms with Gasteiger partial charge in [-0.15, -0.1) is 0 Å². The van der Waals surface area contributed by atoms with Gasteiger partial charge >= 0.3 is 0 Å². The summed E-state index contributed by atoms with van der Waals surface area (Å²) in [5.74, 6) is 1.49. The fourth-order valence-corrected chi connectivity index (χ4v) is 5.78. The first-order chi connectivity index (χ1) is 20.2. The van der Waals surface area contributed by atoms with Crippen molar-refractivity contribution in [1.29, 1.82) is 0 Å². The highest BCUT2D eigenvalue weighted by Crippen LogP contribution is 2.40. The molecule has 41 heavy (non-hydrogen) atoms. The third kappa shape index (κ3) is 6.70. The molecule has 6 rings (SSSR count). The minimum absolute atomic E-state index is 0.0729. The largest absolute Gasteiger partial charge is 0.352 e. The number of nitrogens with zero attached hydrogens (tertiary/aromatic N) is 5. The van der Waals surface area contributed by atoms with Gasteiger partial charge in [0.15, 0.2) is 11.6 Å². The highest BCUT2D eigenvalue weighted by Gasteiger charge is 2.37. The number of anilines is 1. The van der Waals surface area contributed by atoms with Crippen molar-refractivity contribution in [2.45, 2.75) is 63.3 Å². The Labute approximate surface area is 240 Å². The summed E-state index contributed by atoms with van der Waals surface area (Å²) in [4.78, 5) is 29.6. The second-order valence-electron chi connectivity index (χ2n) is 11.2. The third-order valence-corrected chi connectivity index (χ3v) is 8.17. The van der Waals surface area contributed by atoms with Crippen LogP contribution in [0.5, 0.6) is 0 Å². The van der Waals surface area contributed by atoms with Crippen LogP contribution >= 0.6 is 0 Å². The van der Waals surface area contributed by atoms with Crippen LogP contribution in [0.1, 0.15) is 62.1 Å². The van der Waals surface area contributed by atoms with Crippen LogP contribution in [-0.4, -0.2) is 45.2 Å². The Morgan fingerprint density at radius 2 is 1.61 bits per heavy atom. The number of benzene rings is 2. The van der Waals surface area contributed by atoms with Gasteiger partial charge in [0.1, 0.15) is 5.82 Å². The third-order valence-electron chi connectivity index (χ3n) is 8.17. The Morgan fingerprint density at radius 1 is 0.902 bits per heavy atom. The van der Waals surface area contributed by atoms with Crippen molar-refractivity contribution in [1.82, 2.24) is 24.8 Å². The smallest absolute Gasteiger partial charge is 0.298 e. The van der Waals surface area contributed by atoms with Crippen LogP contribution in [0.15, 0.2) is 78.0 Å². The molecule has 212 valence electrons. The molecule has 0 radical (unpaired) electrons. The fraction of sp³-hybridized carbons (Fsp3) is 0.394. The van der Waals surface area contributed by atoms with Crippen LogP contribution in [0, 0.1) is 5.82 Å². The molecule has 1 aliphatic heterocycles. The Hall–Kier alpha value is -3.91. The van der Waals surface area contributed by atoms with Gasteiger partial charge in [-0.1, -0.05) is 31.4 Å². The lowest BCUT2D eigenvalue weighted by Gasteiger charge is -2.26. The van der Waals surface area contributed by atoms with Crippen LogP contribution in [0.25, 0.3) is 17.1 Å². The normalized spacial score (nSPS) is 19.0. The van der Waals surface area contributed by atoms with E-state index in [9.17, 15) is 9.18 Å². The van der Waals surface area contributed by atoms with Crippen LogP contribution in [0.3, 0.4) is 0 Å². The molecule has 2 fully saturated rings. The van der Waals surface area contributed by atoms with Crippen LogP contribution in [-0.2, 0) is 6.42 Å². The number of hydrogen-bond donors (Lipinski definition) is 1. The zero-order valence-electron chi connectivity index (χ0n) is 23.4. The summed E-state index contributed by atoms with van der Waals surface area (Å²) in [5.41, 5.74) is 3.76. The molecule has 2 atom stereocenters. The molecule has 2 aromatic heterocycles. The van der Waals surface area contributed by atoms with Crippen molar-refractivity contribution >= 4 is 5.82 Å². The van der Waals surface area contributed by atoms with E-state index in [0.717, 1.165) is 68.7 Å². The van der Waals surface area contributed by atoms with Crippen LogP contribution in [0.4, 0.5) is 10.2 Å². The predicted octanol–water partition coefficient (Wildman–Crippen LogP) is 5.68. The summed E-state index contributed by atoms with van der Waals surface area (Å²) >= 11 is 0. The summed E-state index contributed by atoms with van der Waals surface area (Å²) in [6, 6.07) is 16.9. The maximum Gasteiger partial charge on any atom is 0.298 e. The fourth-order valence-electron chi connectivity index (χ4n) is 5.78. The molecule has 0 bridgehead atoms. The van der Waals surface area contributed by atoms with Gasteiger partial charge in [-0.3, -0.25) is 9.36 Å². The van der Waals surface area contributed by atoms with E-state index in [1.165, 1.54) is 37.0 Å². The Bertz CT molecular complexity index is 1480.